The van der Waals surface area contributed by atoms with E-state index in [9.17, 15) is 0 Å². The summed E-state index contributed by atoms with van der Waals surface area (Å²) in [7, 11) is 0. The van der Waals surface area contributed by atoms with Crippen LogP contribution in [0.15, 0.2) is 30.3 Å². The molecule has 1 aromatic carbocycles. The molecule has 0 atom stereocenters. The van der Waals surface area contributed by atoms with Crippen LogP contribution >= 0.6 is 0 Å². The molecule has 152 valence electrons. The molecule has 0 N–H and O–H groups in total. The van der Waals surface area contributed by atoms with E-state index in [1.54, 1.807) is 14.3 Å². The summed E-state index contributed by atoms with van der Waals surface area (Å²) in [5.74, 6) is 0. The second-order valence-electron chi connectivity index (χ2n) is 7.70. The van der Waals surface area contributed by atoms with E-state index < -0.39 is 0 Å². The predicted octanol–water partition coefficient (Wildman–Crippen LogP) is 4.72. The monoisotopic (exact) mass is 488 g/mol. The van der Waals surface area contributed by atoms with Crippen molar-refractivity contribution in [2.24, 2.45) is 0 Å². The molecule has 0 bridgehead atoms. The molecular weight excluding hydrogens is 445 g/mol. The van der Waals surface area contributed by atoms with Gasteiger partial charge in [-0.15, -0.1) is 0 Å². The van der Waals surface area contributed by atoms with E-state index in [0.29, 0.717) is 0 Å². The van der Waals surface area contributed by atoms with Crippen LogP contribution in [0.25, 0.3) is 0 Å². The average Bonchev–Trinajstić information content (AvgIpc) is 2.65. The molecule has 0 aliphatic carbocycles. The number of halogens is 1. The molecule has 0 nitrogen and oxygen atoms in total. The van der Waals surface area contributed by atoms with Gasteiger partial charge in [0.25, 0.3) is 0 Å². The number of unbranched alkanes of at least 4 members (excludes halogenated alkanes) is 13. The predicted molar refractivity (Wildman–Crippen MR) is 119 cm³/mol. The Morgan fingerprint density at radius 1 is 0.577 bits per heavy atom. The largest absolute Gasteiger partial charge is 1.00 e. The second-order valence-corrected chi connectivity index (χ2v) is 12.6. The van der Waals surface area contributed by atoms with Crippen LogP contribution in [0.5, 0.6) is 0 Å². The maximum atomic E-state index is 2.30. The number of benzene rings is 1. The van der Waals surface area contributed by atoms with Gasteiger partial charge in [-0.2, -0.15) is 0 Å². The Kier molecular flexibility index (Phi) is 21.9. The van der Waals surface area contributed by atoms with Crippen molar-refractivity contribution in [2.45, 2.75) is 112 Å². The van der Waals surface area contributed by atoms with Crippen molar-refractivity contribution in [1.82, 2.24) is 0 Å². The number of hydrogen-bond donors (Lipinski definition) is 0. The van der Waals surface area contributed by atoms with Gasteiger partial charge in [0, 0.05) is 0 Å². The molecule has 0 radical (unpaired) electrons. The third kappa shape index (κ3) is 17.7. The second kappa shape index (κ2) is 21.6. The molecule has 0 saturated heterocycles. The molecule has 0 saturated carbocycles. The van der Waals surface area contributed by atoms with Crippen molar-refractivity contribution in [2.75, 3.05) is 0 Å². The molecule has 0 unspecified atom stereocenters. The first-order chi connectivity index (χ1) is 12.4. The first kappa shape index (κ1) is 26.3. The van der Waals surface area contributed by atoms with Crippen LogP contribution in [-0.4, -0.2) is 21.6 Å². The van der Waals surface area contributed by atoms with E-state index in [1.807, 2.05) is 0 Å². The zero-order valence-corrected chi connectivity index (χ0v) is 21.4. The van der Waals surface area contributed by atoms with Gasteiger partial charge in [0.2, 0.25) is 0 Å². The van der Waals surface area contributed by atoms with Crippen molar-refractivity contribution < 1.29 is 12.4 Å². The first-order valence-electron chi connectivity index (χ1n) is 11.3. The van der Waals surface area contributed by atoms with Crippen molar-refractivity contribution in [3.8, 4) is 0 Å². The summed E-state index contributed by atoms with van der Waals surface area (Å²) in [5.41, 5.74) is 1.55. The minimum atomic E-state index is -0.237. The van der Waals surface area contributed by atoms with Gasteiger partial charge < -0.3 is 12.4 Å². The van der Waals surface area contributed by atoms with Gasteiger partial charge >= 0.3 is 143 Å². The molecule has 26 heavy (non-hydrogen) atoms. The fourth-order valence-corrected chi connectivity index (χ4v) is 7.55. The molecule has 0 amide bonds. The Balaban J connectivity index is 0.00000625. The van der Waals surface area contributed by atoms with Crippen LogP contribution in [0.2, 0.25) is 8.73 Å². The van der Waals surface area contributed by atoms with Crippen LogP contribution in [0.1, 0.15) is 102 Å². The van der Waals surface area contributed by atoms with E-state index in [0.717, 1.165) is 0 Å². The van der Waals surface area contributed by atoms with Gasteiger partial charge in [0.05, 0.1) is 0 Å². The molecule has 1 rings (SSSR count). The van der Waals surface area contributed by atoms with Gasteiger partial charge in [-0.05, 0) is 0 Å². The van der Waals surface area contributed by atoms with Crippen LogP contribution in [0.4, 0.5) is 0 Å². The Hall–Kier alpha value is 0.328. The van der Waals surface area contributed by atoms with E-state index >= 15 is 0 Å². The fourth-order valence-electron chi connectivity index (χ4n) is 3.54. The van der Waals surface area contributed by atoms with Gasteiger partial charge in [-0.3, -0.25) is 0 Å². The van der Waals surface area contributed by atoms with E-state index in [4.69, 9.17) is 0 Å². The Morgan fingerprint density at radius 2 is 1.04 bits per heavy atom. The summed E-state index contributed by atoms with van der Waals surface area (Å²) in [6.07, 6.45) is 22.1. The Bertz CT molecular complexity index is 366. The normalized spacial score (nSPS) is 11.1. The summed E-state index contributed by atoms with van der Waals surface area (Å²) < 4.78 is 3.18. The molecule has 0 aliphatic rings. The fraction of sp³-hybridized carbons (Fsp3) is 0.750. The molecule has 1 aromatic rings. The van der Waals surface area contributed by atoms with Crippen LogP contribution < -0.4 is 12.4 Å². The standard InChI is InChI=1S/C16H33.C8H9.ClH.Sb.2H/c1-3-5-7-9-11-13-15-16-14-12-10-8-6-4-2;1-2-8-6-4-3-5-7-8;;;;/h1,3-16H2,2H3;3-7H,1-2H2;1H;;;/q;;;+1;;/p-1. The quantitative estimate of drug-likeness (QED) is 0.207. The molecular formula is C24H44ClSb. The molecule has 0 heterocycles. The third-order valence-corrected chi connectivity index (χ3v) is 9.56. The van der Waals surface area contributed by atoms with Crippen molar-refractivity contribution in [3.05, 3.63) is 35.9 Å². The topological polar surface area (TPSA) is 0 Å². The molecule has 0 spiro atoms. The van der Waals surface area contributed by atoms with E-state index in [1.165, 1.54) is 96.3 Å². The molecule has 2 heteroatoms. The van der Waals surface area contributed by atoms with Crippen molar-refractivity contribution in [1.29, 1.82) is 0 Å². The van der Waals surface area contributed by atoms with Crippen molar-refractivity contribution in [3.63, 3.8) is 0 Å². The van der Waals surface area contributed by atoms with Gasteiger partial charge in [-0.1, -0.05) is 26.2 Å². The molecule has 0 fully saturated rings. The molecule has 0 aromatic heterocycles. The zero-order valence-electron chi connectivity index (χ0n) is 17.4. The van der Waals surface area contributed by atoms with E-state index in [-0.39, 0.29) is 34.0 Å². The minimum absolute atomic E-state index is 0. The van der Waals surface area contributed by atoms with Gasteiger partial charge in [-0.25, -0.2) is 0 Å². The summed E-state index contributed by atoms with van der Waals surface area (Å²) in [6.45, 7) is 2.30. The Labute approximate surface area is 181 Å². The third-order valence-electron chi connectivity index (χ3n) is 5.24. The summed E-state index contributed by atoms with van der Waals surface area (Å²) in [4.78, 5) is 0. The van der Waals surface area contributed by atoms with Crippen LogP contribution in [0, 0.1) is 0 Å². The zero-order chi connectivity index (χ0) is 17.8. The number of hydrogen-bond acceptors (Lipinski definition) is 0. The minimum Gasteiger partial charge on any atom is -1.00 e. The van der Waals surface area contributed by atoms with Gasteiger partial charge in [0.15, 0.2) is 0 Å². The maximum Gasteiger partial charge on any atom is -1.00 e. The smallest absolute Gasteiger partial charge is 1.00 e. The van der Waals surface area contributed by atoms with E-state index in [2.05, 4.69) is 37.3 Å². The number of rotatable bonds is 18. The van der Waals surface area contributed by atoms with Crippen molar-refractivity contribution >= 4 is 21.6 Å². The average molecular weight is 490 g/mol. The summed E-state index contributed by atoms with van der Waals surface area (Å²) >= 11 is -0.237. The summed E-state index contributed by atoms with van der Waals surface area (Å²) in [6, 6.07) is 11.1. The van der Waals surface area contributed by atoms with Gasteiger partial charge in [0.1, 0.15) is 0 Å². The van der Waals surface area contributed by atoms with Crippen LogP contribution in [0.3, 0.4) is 0 Å². The SMILES string of the molecule is CCCCCCCCCCCCCCC[CH2][SbH2+][CH2]Cc1ccccc1.[Cl-]. The number of aryl methyl sites for hydroxylation is 1. The summed E-state index contributed by atoms with van der Waals surface area (Å²) in [5, 5.41) is 0. The first-order valence-corrected chi connectivity index (χ1v) is 15.9. The maximum absolute atomic E-state index is 2.30. The molecule has 0 aliphatic heterocycles. The van der Waals surface area contributed by atoms with Crippen LogP contribution in [-0.2, 0) is 6.42 Å². The Morgan fingerprint density at radius 3 is 1.54 bits per heavy atom.